The van der Waals surface area contributed by atoms with Crippen molar-refractivity contribution in [2.75, 3.05) is 0 Å². The van der Waals surface area contributed by atoms with Crippen molar-refractivity contribution in [3.05, 3.63) is 57.8 Å². The van der Waals surface area contributed by atoms with E-state index in [2.05, 4.69) is 30.6 Å². The summed E-state index contributed by atoms with van der Waals surface area (Å²) in [6.45, 7) is 4.92. The lowest BCUT2D eigenvalue weighted by Gasteiger charge is -2.21. The van der Waals surface area contributed by atoms with Gasteiger partial charge in [-0.1, -0.05) is 38.1 Å². The highest BCUT2D eigenvalue weighted by Gasteiger charge is 2.16. The number of nitrogens with one attached hydrogen (secondary N) is 1. The molecule has 108 valence electrons. The van der Waals surface area contributed by atoms with Gasteiger partial charge in [-0.3, -0.25) is 0 Å². The highest BCUT2D eigenvalue weighted by Crippen LogP contribution is 2.26. The van der Waals surface area contributed by atoms with Crippen LogP contribution in [-0.2, 0) is 6.54 Å². The van der Waals surface area contributed by atoms with Crippen LogP contribution in [0.1, 0.15) is 42.3 Å². The molecule has 1 nitrogen and oxygen atoms in total. The van der Waals surface area contributed by atoms with Crippen molar-refractivity contribution < 1.29 is 8.78 Å². The van der Waals surface area contributed by atoms with Crippen molar-refractivity contribution >= 4 is 11.3 Å². The summed E-state index contributed by atoms with van der Waals surface area (Å²) in [5, 5.41) is 5.53. The molecule has 2 rings (SSSR count). The van der Waals surface area contributed by atoms with Crippen molar-refractivity contribution in [1.29, 1.82) is 0 Å². The molecule has 0 aliphatic rings. The van der Waals surface area contributed by atoms with E-state index in [0.29, 0.717) is 12.5 Å². The van der Waals surface area contributed by atoms with Gasteiger partial charge in [-0.15, -0.1) is 11.3 Å². The van der Waals surface area contributed by atoms with Crippen LogP contribution in [0, 0.1) is 5.92 Å². The second-order valence-corrected chi connectivity index (χ2v) is 6.14. The molecule has 0 aliphatic carbocycles. The van der Waals surface area contributed by atoms with Crippen LogP contribution in [0.15, 0.2) is 41.8 Å². The first-order valence-electron chi connectivity index (χ1n) is 6.71. The second kappa shape index (κ2) is 6.95. The average Bonchev–Trinajstić information content (AvgIpc) is 2.93. The van der Waals surface area contributed by atoms with Gasteiger partial charge in [0.1, 0.15) is 0 Å². The highest BCUT2D eigenvalue weighted by atomic mass is 32.1. The van der Waals surface area contributed by atoms with E-state index >= 15 is 0 Å². The Balaban J connectivity index is 2.04. The predicted octanol–water partition coefficient (Wildman–Crippen LogP) is 5.17. The van der Waals surface area contributed by atoms with Gasteiger partial charge in [0.15, 0.2) is 0 Å². The molecule has 0 fully saturated rings. The zero-order valence-electron chi connectivity index (χ0n) is 11.6. The number of thiophene rings is 1. The Morgan fingerprint density at radius 1 is 1.15 bits per heavy atom. The molecular weight excluding hydrogens is 276 g/mol. The minimum atomic E-state index is -2.41. The summed E-state index contributed by atoms with van der Waals surface area (Å²) in [5.74, 6) is 0.451. The highest BCUT2D eigenvalue weighted by molar-refractivity contribution is 7.10. The number of halogens is 2. The minimum absolute atomic E-state index is 0.0847. The maximum atomic E-state index is 12.7. The lowest BCUT2D eigenvalue weighted by atomic mass is 10.0. The van der Waals surface area contributed by atoms with Gasteiger partial charge in [-0.25, -0.2) is 8.78 Å². The average molecular weight is 295 g/mol. The summed E-state index contributed by atoms with van der Waals surface area (Å²) in [7, 11) is 0. The lowest BCUT2D eigenvalue weighted by Crippen LogP contribution is -2.24. The third kappa shape index (κ3) is 3.87. The number of hydrogen-bond acceptors (Lipinski definition) is 2. The molecule has 2 aromatic rings. The summed E-state index contributed by atoms with van der Waals surface area (Å²) in [6.07, 6.45) is -2.41. The number of hydrogen-bond donors (Lipinski definition) is 1. The van der Waals surface area contributed by atoms with Crippen LogP contribution in [-0.4, -0.2) is 0 Å². The van der Waals surface area contributed by atoms with E-state index in [4.69, 9.17) is 0 Å². The minimum Gasteiger partial charge on any atom is -0.305 e. The molecule has 1 aromatic carbocycles. The molecule has 1 atom stereocenters. The Labute approximate surface area is 122 Å². The second-order valence-electron chi connectivity index (χ2n) is 5.16. The third-order valence-corrected chi connectivity index (χ3v) is 4.20. The fourth-order valence-corrected chi connectivity index (χ4v) is 3.17. The number of rotatable bonds is 6. The van der Waals surface area contributed by atoms with Crippen LogP contribution in [0.4, 0.5) is 8.78 Å². The molecule has 1 N–H and O–H groups in total. The Morgan fingerprint density at radius 3 is 2.55 bits per heavy atom. The molecule has 0 amide bonds. The maximum Gasteiger partial charge on any atom is 0.263 e. The van der Waals surface area contributed by atoms with Crippen LogP contribution >= 0.6 is 11.3 Å². The maximum absolute atomic E-state index is 12.7. The van der Waals surface area contributed by atoms with Crippen LogP contribution < -0.4 is 5.32 Å². The molecule has 1 aromatic heterocycles. The van der Waals surface area contributed by atoms with Crippen LogP contribution in [0.2, 0.25) is 0 Å². The monoisotopic (exact) mass is 295 g/mol. The summed E-state index contributed by atoms with van der Waals surface area (Å²) in [5.41, 5.74) is 0.978. The van der Waals surface area contributed by atoms with Crippen molar-refractivity contribution in [2.24, 2.45) is 5.92 Å². The zero-order chi connectivity index (χ0) is 14.5. The third-order valence-electron chi connectivity index (χ3n) is 3.25. The van der Waals surface area contributed by atoms with E-state index in [1.807, 2.05) is 12.1 Å². The molecule has 4 heteroatoms. The van der Waals surface area contributed by atoms with Crippen LogP contribution in [0.5, 0.6) is 0 Å². The predicted molar refractivity (Wildman–Crippen MR) is 80.1 cm³/mol. The summed E-state index contributed by atoms with van der Waals surface area (Å²) in [4.78, 5) is 1.28. The standard InChI is InChI=1S/C16H19F2NS/c1-11(2)15(14-7-4-8-20-14)19-10-12-5-3-6-13(9-12)16(17)18/h3-9,11,15-16,19H,10H2,1-2H3. The fourth-order valence-electron chi connectivity index (χ4n) is 2.20. The number of alkyl halides is 2. The topological polar surface area (TPSA) is 12.0 Å². The van der Waals surface area contributed by atoms with E-state index in [9.17, 15) is 8.78 Å². The van der Waals surface area contributed by atoms with Gasteiger partial charge in [0.2, 0.25) is 0 Å². The largest absolute Gasteiger partial charge is 0.305 e. The number of benzene rings is 1. The molecular formula is C16H19F2NS. The Bertz CT molecular complexity index is 523. The van der Waals surface area contributed by atoms with Crippen molar-refractivity contribution in [3.63, 3.8) is 0 Å². The van der Waals surface area contributed by atoms with Gasteiger partial charge < -0.3 is 5.32 Å². The SMILES string of the molecule is CC(C)C(NCc1cccc(C(F)F)c1)c1cccs1. The summed E-state index contributed by atoms with van der Waals surface area (Å²) in [6, 6.07) is 11.0. The van der Waals surface area contributed by atoms with E-state index in [-0.39, 0.29) is 11.6 Å². The molecule has 1 heterocycles. The lowest BCUT2D eigenvalue weighted by molar-refractivity contribution is 0.151. The van der Waals surface area contributed by atoms with E-state index in [0.717, 1.165) is 5.56 Å². The van der Waals surface area contributed by atoms with Crippen molar-refractivity contribution in [3.8, 4) is 0 Å². The van der Waals surface area contributed by atoms with Crippen LogP contribution in [0.3, 0.4) is 0 Å². The van der Waals surface area contributed by atoms with Crippen molar-refractivity contribution in [2.45, 2.75) is 32.9 Å². The van der Waals surface area contributed by atoms with E-state index < -0.39 is 6.43 Å². The molecule has 0 saturated carbocycles. The molecule has 0 bridgehead atoms. The van der Waals surface area contributed by atoms with Crippen LogP contribution in [0.25, 0.3) is 0 Å². The molecule has 0 aliphatic heterocycles. The molecule has 1 unspecified atom stereocenters. The van der Waals surface area contributed by atoms with Gasteiger partial charge in [0, 0.05) is 23.0 Å². The van der Waals surface area contributed by atoms with E-state index in [1.54, 1.807) is 23.5 Å². The van der Waals surface area contributed by atoms with Gasteiger partial charge >= 0.3 is 0 Å². The molecule has 0 spiro atoms. The summed E-state index contributed by atoms with van der Waals surface area (Å²) < 4.78 is 25.4. The molecule has 0 radical (unpaired) electrons. The fraction of sp³-hybridized carbons (Fsp3) is 0.375. The first-order chi connectivity index (χ1) is 9.58. The normalized spacial score (nSPS) is 13.1. The van der Waals surface area contributed by atoms with Gasteiger partial charge in [-0.2, -0.15) is 0 Å². The Hall–Kier alpha value is -1.26. The molecule has 0 saturated heterocycles. The summed E-state index contributed by atoms with van der Waals surface area (Å²) >= 11 is 1.72. The van der Waals surface area contributed by atoms with E-state index in [1.165, 1.54) is 10.9 Å². The first kappa shape index (κ1) is 15.1. The Morgan fingerprint density at radius 2 is 1.95 bits per heavy atom. The quantitative estimate of drug-likeness (QED) is 0.775. The van der Waals surface area contributed by atoms with Gasteiger partial charge in [0.25, 0.3) is 6.43 Å². The van der Waals surface area contributed by atoms with Crippen molar-refractivity contribution in [1.82, 2.24) is 5.32 Å². The van der Waals surface area contributed by atoms with Gasteiger partial charge in [0.05, 0.1) is 0 Å². The first-order valence-corrected chi connectivity index (χ1v) is 7.59. The Kier molecular flexibility index (Phi) is 5.26. The smallest absolute Gasteiger partial charge is 0.263 e. The molecule has 20 heavy (non-hydrogen) atoms. The van der Waals surface area contributed by atoms with Gasteiger partial charge in [-0.05, 0) is 29.0 Å². The zero-order valence-corrected chi connectivity index (χ0v) is 12.5.